The van der Waals surface area contributed by atoms with Gasteiger partial charge in [-0.25, -0.2) is 9.38 Å². The maximum atomic E-state index is 13.7. The maximum Gasteiger partial charge on any atom is 0.308 e. The van der Waals surface area contributed by atoms with Crippen LogP contribution in [-0.4, -0.2) is 43.8 Å². The molecule has 1 fully saturated rings. The molecular formula is C21H33FIN3O3. The molecule has 0 spiro atoms. The summed E-state index contributed by atoms with van der Waals surface area (Å²) in [6.45, 7) is 7.29. The number of esters is 1. The van der Waals surface area contributed by atoms with Crippen LogP contribution in [0.4, 0.5) is 4.39 Å². The number of halogens is 2. The zero-order valence-electron chi connectivity index (χ0n) is 17.4. The summed E-state index contributed by atoms with van der Waals surface area (Å²) in [4.78, 5) is 16.4. The lowest BCUT2D eigenvalue weighted by Gasteiger charge is -2.29. The Morgan fingerprint density at radius 2 is 1.93 bits per heavy atom. The average Bonchev–Trinajstić information content (AvgIpc) is 2.69. The Hall–Kier alpha value is -1.58. The van der Waals surface area contributed by atoms with E-state index in [1.54, 1.807) is 18.2 Å². The first-order valence-electron chi connectivity index (χ1n) is 10.2. The van der Waals surface area contributed by atoms with E-state index in [-0.39, 0.29) is 59.6 Å². The molecule has 0 aliphatic heterocycles. The summed E-state index contributed by atoms with van der Waals surface area (Å²) in [5, 5.41) is 6.67. The van der Waals surface area contributed by atoms with Crippen LogP contribution < -0.4 is 15.4 Å². The molecular weight excluding hydrogens is 488 g/mol. The maximum absolute atomic E-state index is 13.7. The topological polar surface area (TPSA) is 72.0 Å². The molecule has 1 atom stereocenters. The predicted molar refractivity (Wildman–Crippen MR) is 123 cm³/mol. The summed E-state index contributed by atoms with van der Waals surface area (Å²) in [6, 6.07) is 6.64. The number of benzene rings is 1. The van der Waals surface area contributed by atoms with Crippen LogP contribution in [-0.2, 0) is 9.53 Å². The Balaban J connectivity index is 0.00000420. The predicted octanol–water partition coefficient (Wildman–Crippen LogP) is 3.89. The highest BCUT2D eigenvalue weighted by atomic mass is 127. The molecule has 0 saturated heterocycles. The van der Waals surface area contributed by atoms with E-state index in [9.17, 15) is 9.18 Å². The minimum absolute atomic E-state index is 0. The van der Waals surface area contributed by atoms with Gasteiger partial charge in [0.1, 0.15) is 6.10 Å². The SMILES string of the molecule is CCNC(=NCC(C)Oc1ccccc1F)NC1CCC(C(=O)OCC)CC1.I. The van der Waals surface area contributed by atoms with Crippen LogP contribution >= 0.6 is 24.0 Å². The standard InChI is InChI=1S/C21H32FN3O3.HI/c1-4-23-21(24-14-15(3)28-19-9-7-6-8-18(19)22)25-17-12-10-16(11-13-17)20(26)27-5-2;/h6-9,15-17H,4-5,10-14H2,1-3H3,(H2,23,24,25);1H. The lowest BCUT2D eigenvalue weighted by Crippen LogP contribution is -2.45. The molecule has 8 heteroatoms. The number of aliphatic imine (C=N–C) groups is 1. The Morgan fingerprint density at radius 3 is 2.55 bits per heavy atom. The number of hydrogen-bond acceptors (Lipinski definition) is 4. The van der Waals surface area contributed by atoms with Gasteiger partial charge in [0.25, 0.3) is 0 Å². The van der Waals surface area contributed by atoms with Gasteiger partial charge in [0.2, 0.25) is 0 Å². The lowest BCUT2D eigenvalue weighted by molar-refractivity contribution is -0.149. The van der Waals surface area contributed by atoms with Gasteiger partial charge in [-0.05, 0) is 58.6 Å². The highest BCUT2D eigenvalue weighted by molar-refractivity contribution is 14.0. The quantitative estimate of drug-likeness (QED) is 0.235. The van der Waals surface area contributed by atoms with Crippen LogP contribution in [0.15, 0.2) is 29.3 Å². The number of nitrogens with zero attached hydrogens (tertiary/aromatic N) is 1. The third-order valence-electron chi connectivity index (χ3n) is 4.70. The van der Waals surface area contributed by atoms with Gasteiger partial charge in [0, 0.05) is 12.6 Å². The fourth-order valence-corrected chi connectivity index (χ4v) is 3.26. The summed E-state index contributed by atoms with van der Waals surface area (Å²) in [6.07, 6.45) is 3.18. The number of hydrogen-bond donors (Lipinski definition) is 2. The van der Waals surface area contributed by atoms with Gasteiger partial charge in [0.15, 0.2) is 17.5 Å². The Labute approximate surface area is 190 Å². The normalized spacial score (nSPS) is 20.2. The number of guanidine groups is 1. The van der Waals surface area contributed by atoms with Crippen molar-refractivity contribution in [2.45, 2.75) is 58.6 Å². The van der Waals surface area contributed by atoms with Crippen molar-refractivity contribution in [3.05, 3.63) is 30.1 Å². The molecule has 2 rings (SSSR count). The molecule has 1 aromatic rings. The summed E-state index contributed by atoms with van der Waals surface area (Å²) >= 11 is 0. The van der Waals surface area contributed by atoms with E-state index < -0.39 is 0 Å². The molecule has 1 saturated carbocycles. The largest absolute Gasteiger partial charge is 0.486 e. The highest BCUT2D eigenvalue weighted by Crippen LogP contribution is 2.25. The van der Waals surface area contributed by atoms with Crippen molar-refractivity contribution in [2.24, 2.45) is 10.9 Å². The van der Waals surface area contributed by atoms with E-state index in [0.717, 1.165) is 32.2 Å². The molecule has 1 unspecified atom stereocenters. The van der Waals surface area contributed by atoms with Crippen LogP contribution in [0.2, 0.25) is 0 Å². The van der Waals surface area contributed by atoms with Gasteiger partial charge in [-0.2, -0.15) is 0 Å². The molecule has 164 valence electrons. The van der Waals surface area contributed by atoms with Gasteiger partial charge in [-0.3, -0.25) is 4.79 Å². The van der Waals surface area contributed by atoms with Gasteiger partial charge >= 0.3 is 5.97 Å². The van der Waals surface area contributed by atoms with Crippen molar-refractivity contribution in [3.8, 4) is 5.75 Å². The van der Waals surface area contributed by atoms with E-state index in [0.29, 0.717) is 19.1 Å². The molecule has 0 radical (unpaired) electrons. The number of para-hydroxylation sites is 1. The Bertz CT molecular complexity index is 652. The smallest absolute Gasteiger partial charge is 0.308 e. The molecule has 1 aromatic carbocycles. The van der Waals surface area contributed by atoms with Gasteiger partial charge in [-0.1, -0.05) is 12.1 Å². The van der Waals surface area contributed by atoms with Crippen molar-refractivity contribution in [2.75, 3.05) is 19.7 Å². The monoisotopic (exact) mass is 521 g/mol. The van der Waals surface area contributed by atoms with Crippen molar-refractivity contribution in [3.63, 3.8) is 0 Å². The van der Waals surface area contributed by atoms with Crippen molar-refractivity contribution in [1.29, 1.82) is 0 Å². The fourth-order valence-electron chi connectivity index (χ4n) is 3.26. The van der Waals surface area contributed by atoms with Crippen molar-refractivity contribution < 1.29 is 18.7 Å². The highest BCUT2D eigenvalue weighted by Gasteiger charge is 2.27. The summed E-state index contributed by atoms with van der Waals surface area (Å²) in [5.74, 6) is 0.501. The molecule has 6 nitrogen and oxygen atoms in total. The second-order valence-electron chi connectivity index (χ2n) is 7.02. The number of carbonyl (C=O) groups is 1. The van der Waals surface area contributed by atoms with E-state index in [1.807, 2.05) is 20.8 Å². The van der Waals surface area contributed by atoms with Gasteiger partial charge in [-0.15, -0.1) is 24.0 Å². The first-order valence-corrected chi connectivity index (χ1v) is 10.2. The Morgan fingerprint density at radius 1 is 1.24 bits per heavy atom. The number of nitrogens with one attached hydrogen (secondary N) is 2. The molecule has 1 aliphatic rings. The van der Waals surface area contributed by atoms with E-state index in [1.165, 1.54) is 6.07 Å². The molecule has 2 N–H and O–H groups in total. The number of rotatable bonds is 8. The van der Waals surface area contributed by atoms with E-state index in [2.05, 4.69) is 15.6 Å². The van der Waals surface area contributed by atoms with E-state index >= 15 is 0 Å². The molecule has 0 heterocycles. The number of carbonyl (C=O) groups excluding carboxylic acids is 1. The molecule has 0 amide bonds. The summed E-state index contributed by atoms with van der Waals surface area (Å²) in [7, 11) is 0. The lowest BCUT2D eigenvalue weighted by atomic mass is 9.86. The first kappa shape index (κ1) is 25.5. The second-order valence-corrected chi connectivity index (χ2v) is 7.02. The van der Waals surface area contributed by atoms with Crippen molar-refractivity contribution >= 4 is 35.9 Å². The van der Waals surface area contributed by atoms with Crippen LogP contribution in [0.3, 0.4) is 0 Å². The minimum atomic E-state index is -0.373. The van der Waals surface area contributed by atoms with Gasteiger partial charge < -0.3 is 20.1 Å². The number of ether oxygens (including phenoxy) is 2. The van der Waals surface area contributed by atoms with Crippen LogP contribution in [0, 0.1) is 11.7 Å². The van der Waals surface area contributed by atoms with Crippen LogP contribution in [0.5, 0.6) is 5.75 Å². The average molecular weight is 521 g/mol. The van der Waals surface area contributed by atoms with Crippen LogP contribution in [0.25, 0.3) is 0 Å². The molecule has 1 aliphatic carbocycles. The second kappa shape index (κ2) is 13.6. The zero-order valence-corrected chi connectivity index (χ0v) is 19.8. The summed E-state index contributed by atoms with van der Waals surface area (Å²) < 4.78 is 24.5. The molecule has 0 bridgehead atoms. The molecule has 29 heavy (non-hydrogen) atoms. The van der Waals surface area contributed by atoms with Crippen LogP contribution in [0.1, 0.15) is 46.5 Å². The summed E-state index contributed by atoms with van der Waals surface area (Å²) in [5.41, 5.74) is 0. The zero-order chi connectivity index (χ0) is 20.4. The minimum Gasteiger partial charge on any atom is -0.486 e. The van der Waals surface area contributed by atoms with E-state index in [4.69, 9.17) is 9.47 Å². The third-order valence-corrected chi connectivity index (χ3v) is 4.70. The third kappa shape index (κ3) is 8.76. The fraction of sp³-hybridized carbons (Fsp3) is 0.619. The molecule has 0 aromatic heterocycles. The van der Waals surface area contributed by atoms with Crippen molar-refractivity contribution in [1.82, 2.24) is 10.6 Å². The Kier molecular flexibility index (Phi) is 11.9. The first-order chi connectivity index (χ1) is 13.5. The van der Waals surface area contributed by atoms with Gasteiger partial charge in [0.05, 0.1) is 19.1 Å².